The van der Waals surface area contributed by atoms with Gasteiger partial charge in [-0.3, -0.25) is 9.59 Å². The van der Waals surface area contributed by atoms with Crippen LogP contribution in [0.25, 0.3) is 0 Å². The van der Waals surface area contributed by atoms with Gasteiger partial charge in [-0.25, -0.2) is 0 Å². The van der Waals surface area contributed by atoms with Crippen molar-refractivity contribution in [2.24, 2.45) is 0 Å². The molecule has 138 valence electrons. The third kappa shape index (κ3) is 5.56. The number of amides is 2. The first kappa shape index (κ1) is 19.4. The highest BCUT2D eigenvalue weighted by Crippen LogP contribution is 2.31. The molecule has 1 saturated heterocycles. The standard InChI is InChI=1S/C20H30N2O3/c1-15-14-25-20(18-10-6-4-7-11-18)16(2)22(15)19(24)12-8-5-9-13-21-17(3)23/h4,6-7,10-11,15-16,20H,5,8-9,12-14H2,1-3H3,(H,21,23)/t15-,16+,20+/m1/s1. The van der Waals surface area contributed by atoms with Gasteiger partial charge >= 0.3 is 0 Å². The van der Waals surface area contributed by atoms with Gasteiger partial charge in [0.1, 0.15) is 6.10 Å². The Labute approximate surface area is 150 Å². The molecule has 0 saturated carbocycles. The Balaban J connectivity index is 1.85. The van der Waals surface area contributed by atoms with Crippen LogP contribution in [0.2, 0.25) is 0 Å². The number of hydrogen-bond acceptors (Lipinski definition) is 3. The maximum atomic E-state index is 12.7. The van der Waals surface area contributed by atoms with Crippen LogP contribution < -0.4 is 5.32 Å². The Hall–Kier alpha value is -1.88. The molecule has 1 aromatic carbocycles. The van der Waals surface area contributed by atoms with Gasteiger partial charge in [0.15, 0.2) is 0 Å². The van der Waals surface area contributed by atoms with Crippen LogP contribution in [0.15, 0.2) is 30.3 Å². The highest BCUT2D eigenvalue weighted by Gasteiger charge is 2.36. The molecule has 2 amide bonds. The average molecular weight is 346 g/mol. The molecular formula is C20H30N2O3. The van der Waals surface area contributed by atoms with E-state index in [1.165, 1.54) is 6.92 Å². The minimum absolute atomic E-state index is 0.000929. The van der Waals surface area contributed by atoms with E-state index in [1.807, 2.05) is 30.0 Å². The largest absolute Gasteiger partial charge is 0.369 e. The predicted octanol–water partition coefficient (Wildman–Crippen LogP) is 3.06. The molecule has 2 rings (SSSR count). The second-order valence-corrected chi connectivity index (χ2v) is 6.85. The van der Waals surface area contributed by atoms with Crippen molar-refractivity contribution in [3.8, 4) is 0 Å². The first-order valence-corrected chi connectivity index (χ1v) is 9.23. The molecule has 0 unspecified atom stereocenters. The zero-order valence-corrected chi connectivity index (χ0v) is 15.5. The Bertz CT molecular complexity index is 561. The summed E-state index contributed by atoms with van der Waals surface area (Å²) < 4.78 is 6.01. The molecule has 1 aliphatic rings. The molecule has 1 aromatic rings. The summed E-state index contributed by atoms with van der Waals surface area (Å²) in [6, 6.07) is 10.2. The number of rotatable bonds is 7. The second kappa shape index (κ2) is 9.56. The lowest BCUT2D eigenvalue weighted by Gasteiger charge is -2.44. The van der Waals surface area contributed by atoms with Gasteiger partial charge in [-0.15, -0.1) is 0 Å². The molecular weight excluding hydrogens is 316 g/mol. The zero-order chi connectivity index (χ0) is 18.2. The van der Waals surface area contributed by atoms with Crippen LogP contribution in [0.3, 0.4) is 0 Å². The minimum atomic E-state index is -0.0684. The molecule has 0 radical (unpaired) electrons. The van der Waals surface area contributed by atoms with E-state index in [0.717, 1.165) is 24.8 Å². The number of hydrogen-bond donors (Lipinski definition) is 1. The lowest BCUT2D eigenvalue weighted by atomic mass is 9.98. The van der Waals surface area contributed by atoms with Crippen molar-refractivity contribution in [1.82, 2.24) is 10.2 Å². The zero-order valence-electron chi connectivity index (χ0n) is 15.5. The van der Waals surface area contributed by atoms with E-state index in [-0.39, 0.29) is 30.0 Å². The van der Waals surface area contributed by atoms with Crippen molar-refractivity contribution in [1.29, 1.82) is 0 Å². The van der Waals surface area contributed by atoms with Crippen molar-refractivity contribution >= 4 is 11.8 Å². The Morgan fingerprint density at radius 1 is 1.16 bits per heavy atom. The maximum absolute atomic E-state index is 12.7. The molecule has 0 aliphatic carbocycles. The van der Waals surface area contributed by atoms with E-state index in [1.54, 1.807) is 0 Å². The lowest BCUT2D eigenvalue weighted by molar-refractivity contribution is -0.153. The number of nitrogens with zero attached hydrogens (tertiary/aromatic N) is 1. The van der Waals surface area contributed by atoms with Crippen molar-refractivity contribution in [2.75, 3.05) is 13.2 Å². The van der Waals surface area contributed by atoms with Crippen LogP contribution in [0.5, 0.6) is 0 Å². The summed E-state index contributed by atoms with van der Waals surface area (Å²) in [5.41, 5.74) is 1.12. The molecule has 3 atom stereocenters. The molecule has 5 nitrogen and oxygen atoms in total. The first-order valence-electron chi connectivity index (χ1n) is 9.23. The molecule has 1 heterocycles. The topological polar surface area (TPSA) is 58.6 Å². The fourth-order valence-corrected chi connectivity index (χ4v) is 3.47. The normalized spacial score (nSPS) is 23.3. The molecule has 0 aromatic heterocycles. The number of benzene rings is 1. The Morgan fingerprint density at radius 2 is 1.88 bits per heavy atom. The molecule has 1 N–H and O–H groups in total. The fraction of sp³-hybridized carbons (Fsp3) is 0.600. The summed E-state index contributed by atoms with van der Waals surface area (Å²) in [6.07, 6.45) is 3.19. The van der Waals surface area contributed by atoms with Crippen LogP contribution in [0.1, 0.15) is 58.1 Å². The lowest BCUT2D eigenvalue weighted by Crippen LogP contribution is -2.53. The van der Waals surface area contributed by atoms with E-state index in [2.05, 4.69) is 24.4 Å². The van der Waals surface area contributed by atoms with Crippen LogP contribution in [-0.2, 0) is 14.3 Å². The third-order valence-electron chi connectivity index (χ3n) is 4.73. The van der Waals surface area contributed by atoms with Gasteiger partial charge in [-0.05, 0) is 32.3 Å². The molecule has 25 heavy (non-hydrogen) atoms. The minimum Gasteiger partial charge on any atom is -0.369 e. The van der Waals surface area contributed by atoms with Gasteiger partial charge in [-0.1, -0.05) is 36.8 Å². The van der Waals surface area contributed by atoms with Crippen molar-refractivity contribution in [2.45, 2.75) is 64.6 Å². The molecule has 5 heteroatoms. The van der Waals surface area contributed by atoms with Crippen molar-refractivity contribution in [3.63, 3.8) is 0 Å². The predicted molar refractivity (Wildman–Crippen MR) is 98.1 cm³/mol. The van der Waals surface area contributed by atoms with Crippen LogP contribution in [0.4, 0.5) is 0 Å². The molecule has 1 aliphatic heterocycles. The molecule has 0 bridgehead atoms. The highest BCUT2D eigenvalue weighted by atomic mass is 16.5. The third-order valence-corrected chi connectivity index (χ3v) is 4.73. The van der Waals surface area contributed by atoms with E-state index < -0.39 is 0 Å². The van der Waals surface area contributed by atoms with Crippen LogP contribution in [-0.4, -0.2) is 41.9 Å². The molecule has 1 fully saturated rings. The number of carbonyl (C=O) groups is 2. The van der Waals surface area contributed by atoms with Crippen molar-refractivity contribution < 1.29 is 14.3 Å². The average Bonchev–Trinajstić information content (AvgIpc) is 2.58. The summed E-state index contributed by atoms with van der Waals surface area (Å²) in [7, 11) is 0. The fourth-order valence-electron chi connectivity index (χ4n) is 3.47. The second-order valence-electron chi connectivity index (χ2n) is 6.85. The molecule has 0 spiro atoms. The number of ether oxygens (including phenoxy) is 1. The van der Waals surface area contributed by atoms with Gasteiger partial charge in [0.05, 0.1) is 18.7 Å². The Morgan fingerprint density at radius 3 is 2.56 bits per heavy atom. The van der Waals surface area contributed by atoms with Gasteiger partial charge in [0, 0.05) is 19.9 Å². The number of morpholine rings is 1. The van der Waals surface area contributed by atoms with Gasteiger partial charge in [-0.2, -0.15) is 0 Å². The van der Waals surface area contributed by atoms with Crippen LogP contribution in [0, 0.1) is 0 Å². The summed E-state index contributed by atoms with van der Waals surface area (Å²) in [5, 5.41) is 2.78. The quantitative estimate of drug-likeness (QED) is 0.772. The van der Waals surface area contributed by atoms with Crippen LogP contribution >= 0.6 is 0 Å². The SMILES string of the molecule is CC(=O)NCCCCCC(=O)N1[C@H](C)CO[C@H](c2ccccc2)[C@@H]1C. The summed E-state index contributed by atoms with van der Waals surface area (Å²) in [4.78, 5) is 25.6. The maximum Gasteiger partial charge on any atom is 0.223 e. The first-order chi connectivity index (χ1) is 12.0. The monoisotopic (exact) mass is 346 g/mol. The highest BCUT2D eigenvalue weighted by molar-refractivity contribution is 5.77. The van der Waals surface area contributed by atoms with Gasteiger partial charge in [0.25, 0.3) is 0 Å². The summed E-state index contributed by atoms with van der Waals surface area (Å²) in [5.74, 6) is 0.197. The van der Waals surface area contributed by atoms with E-state index >= 15 is 0 Å². The number of carbonyl (C=O) groups excluding carboxylic acids is 2. The summed E-state index contributed by atoms with van der Waals surface area (Å²) >= 11 is 0. The van der Waals surface area contributed by atoms with Gasteiger partial charge < -0.3 is 15.0 Å². The van der Waals surface area contributed by atoms with Crippen molar-refractivity contribution in [3.05, 3.63) is 35.9 Å². The Kier molecular flexibility index (Phi) is 7.44. The number of nitrogens with one attached hydrogen (secondary N) is 1. The van der Waals surface area contributed by atoms with E-state index in [0.29, 0.717) is 19.6 Å². The van der Waals surface area contributed by atoms with E-state index in [4.69, 9.17) is 4.74 Å². The number of unbranched alkanes of at least 4 members (excludes halogenated alkanes) is 2. The summed E-state index contributed by atoms with van der Waals surface area (Å²) in [6.45, 7) is 6.89. The van der Waals surface area contributed by atoms with E-state index in [9.17, 15) is 9.59 Å². The smallest absolute Gasteiger partial charge is 0.223 e. The van der Waals surface area contributed by atoms with Gasteiger partial charge in [0.2, 0.25) is 11.8 Å².